The quantitative estimate of drug-likeness (QED) is 0.397. The molecule has 1 unspecified atom stereocenters. The SMILES string of the molecule is COCCn1c(NC2=CC=C(C(=O)NO)C(C)C2)nc2cc(-c3ccccc3)ccc21. The summed E-state index contributed by atoms with van der Waals surface area (Å²) in [6.45, 7) is 3.18. The minimum absolute atomic E-state index is 0.0267. The summed E-state index contributed by atoms with van der Waals surface area (Å²) in [6, 6.07) is 16.5. The highest BCUT2D eigenvalue weighted by Gasteiger charge is 2.22. The summed E-state index contributed by atoms with van der Waals surface area (Å²) in [4.78, 5) is 16.6. The molecule has 0 spiro atoms. The number of carbonyl (C=O) groups is 1. The summed E-state index contributed by atoms with van der Waals surface area (Å²) < 4.78 is 7.41. The summed E-state index contributed by atoms with van der Waals surface area (Å²) >= 11 is 0. The molecule has 0 aliphatic heterocycles. The minimum atomic E-state index is -0.469. The molecule has 1 aliphatic carbocycles. The third-order valence-electron chi connectivity index (χ3n) is 5.53. The van der Waals surface area contributed by atoms with Gasteiger partial charge in [-0.2, -0.15) is 0 Å². The van der Waals surface area contributed by atoms with Crippen LogP contribution in [0.5, 0.6) is 0 Å². The first-order valence-corrected chi connectivity index (χ1v) is 10.3. The third kappa shape index (κ3) is 4.38. The van der Waals surface area contributed by atoms with Crippen LogP contribution in [-0.4, -0.2) is 34.4 Å². The monoisotopic (exact) mass is 418 g/mol. The summed E-state index contributed by atoms with van der Waals surface area (Å²) in [5, 5.41) is 12.3. The second kappa shape index (κ2) is 9.16. The molecule has 0 saturated carbocycles. The van der Waals surface area contributed by atoms with E-state index >= 15 is 0 Å². The van der Waals surface area contributed by atoms with E-state index in [0.29, 0.717) is 25.1 Å². The Labute approximate surface area is 181 Å². The van der Waals surface area contributed by atoms with Crippen LogP contribution in [0.1, 0.15) is 13.3 Å². The van der Waals surface area contributed by atoms with Crippen LogP contribution in [0.3, 0.4) is 0 Å². The van der Waals surface area contributed by atoms with Gasteiger partial charge >= 0.3 is 0 Å². The van der Waals surface area contributed by atoms with Crippen LogP contribution in [0.25, 0.3) is 22.2 Å². The van der Waals surface area contributed by atoms with Crippen molar-refractivity contribution in [3.8, 4) is 11.1 Å². The molecule has 1 heterocycles. The van der Waals surface area contributed by atoms with E-state index in [0.717, 1.165) is 33.8 Å². The van der Waals surface area contributed by atoms with Gasteiger partial charge in [-0.05, 0) is 41.7 Å². The maximum absolute atomic E-state index is 11.8. The van der Waals surface area contributed by atoms with Crippen molar-refractivity contribution in [2.45, 2.75) is 19.9 Å². The van der Waals surface area contributed by atoms with Crippen LogP contribution < -0.4 is 10.8 Å². The van der Waals surface area contributed by atoms with Gasteiger partial charge in [-0.25, -0.2) is 10.5 Å². The fourth-order valence-electron chi connectivity index (χ4n) is 3.91. The smallest absolute Gasteiger partial charge is 0.270 e. The van der Waals surface area contributed by atoms with Gasteiger partial charge in [0.05, 0.1) is 17.6 Å². The first-order chi connectivity index (χ1) is 15.1. The number of hydrogen-bond donors (Lipinski definition) is 3. The van der Waals surface area contributed by atoms with Crippen molar-refractivity contribution in [3.05, 3.63) is 72.0 Å². The van der Waals surface area contributed by atoms with Crippen molar-refractivity contribution < 1.29 is 14.7 Å². The summed E-state index contributed by atoms with van der Waals surface area (Å²) in [6.07, 6.45) is 4.24. The fraction of sp³-hybridized carbons (Fsp3) is 0.250. The van der Waals surface area contributed by atoms with Crippen molar-refractivity contribution in [1.82, 2.24) is 15.0 Å². The van der Waals surface area contributed by atoms with E-state index in [9.17, 15) is 4.79 Å². The zero-order chi connectivity index (χ0) is 21.8. The maximum Gasteiger partial charge on any atom is 0.270 e. The van der Waals surface area contributed by atoms with Gasteiger partial charge in [0.15, 0.2) is 0 Å². The zero-order valence-corrected chi connectivity index (χ0v) is 17.6. The molecular formula is C24H26N4O3. The molecule has 2 aromatic carbocycles. The van der Waals surface area contributed by atoms with E-state index in [1.165, 1.54) is 0 Å². The van der Waals surface area contributed by atoms with Crippen LogP contribution in [0, 0.1) is 5.92 Å². The number of hydrogen-bond acceptors (Lipinski definition) is 5. The van der Waals surface area contributed by atoms with E-state index in [1.54, 1.807) is 18.7 Å². The molecule has 0 saturated heterocycles. The zero-order valence-electron chi connectivity index (χ0n) is 17.6. The summed E-state index contributed by atoms with van der Waals surface area (Å²) in [5.41, 5.74) is 7.41. The Hall–Kier alpha value is -3.42. The molecule has 1 aromatic heterocycles. The number of methoxy groups -OCH3 is 1. The molecule has 0 radical (unpaired) electrons. The van der Waals surface area contributed by atoms with Gasteiger partial charge < -0.3 is 14.6 Å². The van der Waals surface area contributed by atoms with Gasteiger partial charge in [0.25, 0.3) is 5.91 Å². The Morgan fingerprint density at radius 2 is 2.00 bits per heavy atom. The summed E-state index contributed by atoms with van der Waals surface area (Å²) in [7, 11) is 1.68. The molecule has 0 fully saturated rings. The number of imidazole rings is 1. The van der Waals surface area contributed by atoms with E-state index < -0.39 is 5.91 Å². The average Bonchev–Trinajstić information content (AvgIpc) is 3.13. The molecule has 7 nitrogen and oxygen atoms in total. The second-order valence-corrected chi connectivity index (χ2v) is 7.63. The molecule has 3 N–H and O–H groups in total. The number of aromatic nitrogens is 2. The van der Waals surface area contributed by atoms with Crippen molar-refractivity contribution in [2.75, 3.05) is 19.0 Å². The first-order valence-electron chi connectivity index (χ1n) is 10.3. The standard InChI is InChI=1S/C24H26N4O3/c1-16-14-19(9-10-20(16)23(29)27-30)25-24-26-21-15-18(17-6-4-3-5-7-17)8-11-22(21)28(24)12-13-31-2/h3-11,15-16,30H,12-14H2,1-2H3,(H,25,26)(H,27,29). The number of nitrogens with one attached hydrogen (secondary N) is 2. The number of anilines is 1. The van der Waals surface area contributed by atoms with E-state index in [4.69, 9.17) is 14.9 Å². The molecule has 160 valence electrons. The van der Waals surface area contributed by atoms with Crippen molar-refractivity contribution in [3.63, 3.8) is 0 Å². The first kappa shape index (κ1) is 20.8. The molecule has 7 heteroatoms. The number of rotatable bonds is 7. The van der Waals surface area contributed by atoms with Gasteiger partial charge in [0.2, 0.25) is 5.95 Å². The number of carbonyl (C=O) groups excluding carboxylic acids is 1. The van der Waals surface area contributed by atoms with Crippen LogP contribution in [0.2, 0.25) is 0 Å². The summed E-state index contributed by atoms with van der Waals surface area (Å²) in [5.74, 6) is 0.240. The highest BCUT2D eigenvalue weighted by Crippen LogP contribution is 2.29. The van der Waals surface area contributed by atoms with Gasteiger partial charge in [-0.3, -0.25) is 10.0 Å². The minimum Gasteiger partial charge on any atom is -0.383 e. The molecule has 31 heavy (non-hydrogen) atoms. The normalized spacial score (nSPS) is 16.0. The Bertz CT molecular complexity index is 1150. The fourth-order valence-corrected chi connectivity index (χ4v) is 3.91. The Morgan fingerprint density at radius 1 is 1.19 bits per heavy atom. The Morgan fingerprint density at radius 3 is 2.71 bits per heavy atom. The number of hydroxylamine groups is 1. The van der Waals surface area contributed by atoms with Gasteiger partial charge in [0.1, 0.15) is 0 Å². The topological polar surface area (TPSA) is 88.4 Å². The predicted molar refractivity (Wildman–Crippen MR) is 121 cm³/mol. The Balaban J connectivity index is 1.68. The number of benzene rings is 2. The number of nitrogens with zero attached hydrogens (tertiary/aromatic N) is 2. The number of amides is 1. The van der Waals surface area contributed by atoms with Crippen molar-refractivity contribution >= 4 is 22.9 Å². The second-order valence-electron chi connectivity index (χ2n) is 7.63. The molecule has 1 amide bonds. The lowest BCUT2D eigenvalue weighted by atomic mass is 9.91. The number of allylic oxidation sites excluding steroid dienone is 3. The lowest BCUT2D eigenvalue weighted by Gasteiger charge is -2.21. The van der Waals surface area contributed by atoms with E-state index in [-0.39, 0.29) is 5.92 Å². The predicted octanol–water partition coefficient (Wildman–Crippen LogP) is 4.12. The largest absolute Gasteiger partial charge is 0.383 e. The van der Waals surface area contributed by atoms with Gasteiger partial charge in [0, 0.05) is 24.9 Å². The van der Waals surface area contributed by atoms with Gasteiger partial charge in [-0.15, -0.1) is 0 Å². The molecule has 1 atom stereocenters. The van der Waals surface area contributed by atoms with Crippen LogP contribution in [0.4, 0.5) is 5.95 Å². The van der Waals surface area contributed by atoms with Crippen LogP contribution in [0.15, 0.2) is 72.0 Å². The highest BCUT2D eigenvalue weighted by atomic mass is 16.5. The molecule has 1 aliphatic rings. The Kier molecular flexibility index (Phi) is 6.16. The maximum atomic E-state index is 11.8. The molecular weight excluding hydrogens is 392 g/mol. The molecule has 0 bridgehead atoms. The van der Waals surface area contributed by atoms with E-state index in [2.05, 4.69) is 40.2 Å². The van der Waals surface area contributed by atoms with Crippen molar-refractivity contribution in [2.24, 2.45) is 5.92 Å². The number of fused-ring (bicyclic) bond motifs is 1. The van der Waals surface area contributed by atoms with E-state index in [1.807, 2.05) is 31.2 Å². The van der Waals surface area contributed by atoms with Crippen molar-refractivity contribution in [1.29, 1.82) is 0 Å². The lowest BCUT2D eigenvalue weighted by Crippen LogP contribution is -2.26. The average molecular weight is 418 g/mol. The molecule has 4 rings (SSSR count). The van der Waals surface area contributed by atoms with Gasteiger partial charge in [-0.1, -0.05) is 49.4 Å². The highest BCUT2D eigenvalue weighted by molar-refractivity contribution is 5.93. The number of ether oxygens (including phenoxy) is 1. The van der Waals surface area contributed by atoms with Crippen LogP contribution >= 0.6 is 0 Å². The molecule has 3 aromatic rings. The van der Waals surface area contributed by atoms with Crippen LogP contribution in [-0.2, 0) is 16.1 Å². The third-order valence-corrected chi connectivity index (χ3v) is 5.53. The lowest BCUT2D eigenvalue weighted by molar-refractivity contribution is -0.125.